The molecule has 2 aromatic carbocycles. The van der Waals surface area contributed by atoms with Gasteiger partial charge in [-0.3, -0.25) is 4.79 Å². The van der Waals surface area contributed by atoms with Gasteiger partial charge in [-0.05, 0) is 54.3 Å². The summed E-state index contributed by atoms with van der Waals surface area (Å²) in [5, 5.41) is 11.3. The Labute approximate surface area is 188 Å². The fourth-order valence-electron chi connectivity index (χ4n) is 4.60. The summed E-state index contributed by atoms with van der Waals surface area (Å²) in [5.74, 6) is 0.0485. The number of likely N-dealkylation sites (tertiary alicyclic amines) is 1. The summed E-state index contributed by atoms with van der Waals surface area (Å²) in [6.07, 6.45) is 3.16. The molecule has 162 valence electrons. The molecule has 32 heavy (non-hydrogen) atoms. The number of ether oxygens (including phenoxy) is 1. The highest BCUT2D eigenvalue weighted by Crippen LogP contribution is 2.50. The molecule has 1 saturated heterocycles. The topological polar surface area (TPSA) is 91.4 Å². The van der Waals surface area contributed by atoms with E-state index >= 15 is 0 Å². The first-order valence-electron chi connectivity index (χ1n) is 10.6. The number of rotatable bonds is 3. The third-order valence-electron chi connectivity index (χ3n) is 6.50. The molecule has 0 bridgehead atoms. The maximum absolute atomic E-state index is 12.9. The molecule has 1 N–H and O–H groups in total. The smallest absolute Gasteiger partial charge is 0.410 e. The highest BCUT2D eigenvalue weighted by molar-refractivity contribution is 6.30. The molecule has 1 saturated carbocycles. The molecule has 3 aliphatic rings. The van der Waals surface area contributed by atoms with Crippen molar-refractivity contribution in [1.82, 2.24) is 25.2 Å². The molecule has 3 heterocycles. The Morgan fingerprint density at radius 1 is 1.09 bits per heavy atom. The molecular formula is C23H20ClN5O3. The first-order chi connectivity index (χ1) is 15.5. The number of hydrogen-bond donors (Lipinski definition) is 1. The Bertz CT molecular complexity index is 1280. The van der Waals surface area contributed by atoms with Gasteiger partial charge >= 0.3 is 6.09 Å². The first kappa shape index (κ1) is 19.3. The maximum Gasteiger partial charge on any atom is 0.410 e. The molecule has 1 atom stereocenters. The van der Waals surface area contributed by atoms with Crippen LogP contribution in [0.5, 0.6) is 0 Å². The molecule has 2 aliphatic heterocycles. The third kappa shape index (κ3) is 3.22. The van der Waals surface area contributed by atoms with Gasteiger partial charge in [0, 0.05) is 42.3 Å². The number of aromatic nitrogens is 3. The number of aromatic amines is 1. The van der Waals surface area contributed by atoms with Gasteiger partial charge in [-0.1, -0.05) is 23.7 Å². The van der Waals surface area contributed by atoms with Crippen molar-refractivity contribution in [2.24, 2.45) is 5.92 Å². The number of H-pyrrole nitrogens is 1. The zero-order valence-electron chi connectivity index (χ0n) is 17.1. The number of carbonyl (C=O) groups excluding carboxylic acids is 2. The fourth-order valence-corrected chi connectivity index (χ4v) is 4.79. The van der Waals surface area contributed by atoms with Crippen molar-refractivity contribution in [2.75, 3.05) is 19.6 Å². The van der Waals surface area contributed by atoms with Gasteiger partial charge in [-0.2, -0.15) is 15.4 Å². The van der Waals surface area contributed by atoms with E-state index in [4.69, 9.17) is 16.3 Å². The number of nitrogens with zero attached hydrogens (tertiary/aromatic N) is 4. The van der Waals surface area contributed by atoms with Gasteiger partial charge < -0.3 is 14.5 Å². The number of fused-ring (bicyclic) bond motifs is 2. The monoisotopic (exact) mass is 449 g/mol. The van der Waals surface area contributed by atoms with Crippen LogP contribution in [0.1, 0.15) is 28.8 Å². The van der Waals surface area contributed by atoms with Crippen LogP contribution in [0, 0.1) is 5.92 Å². The minimum absolute atomic E-state index is 0.0798. The van der Waals surface area contributed by atoms with Gasteiger partial charge in [0.15, 0.2) is 0 Å². The molecule has 1 aromatic heterocycles. The SMILES string of the molecule is O=C(c1ccc2n[nH]nc2c1)N1C=C2CN(C(=O)OC3(c4cccc(Cl)c4)CC3)C[C@@H]2C1. The van der Waals surface area contributed by atoms with Crippen molar-refractivity contribution in [2.45, 2.75) is 18.4 Å². The van der Waals surface area contributed by atoms with E-state index in [2.05, 4.69) is 15.4 Å². The maximum atomic E-state index is 12.9. The lowest BCUT2D eigenvalue weighted by Crippen LogP contribution is -2.35. The van der Waals surface area contributed by atoms with Gasteiger partial charge in [0.25, 0.3) is 5.91 Å². The normalized spacial score (nSPS) is 20.9. The van der Waals surface area contributed by atoms with E-state index < -0.39 is 5.60 Å². The van der Waals surface area contributed by atoms with Gasteiger partial charge in [-0.25, -0.2) is 4.79 Å². The van der Waals surface area contributed by atoms with Crippen molar-refractivity contribution in [3.05, 3.63) is 70.4 Å². The molecule has 1 aliphatic carbocycles. The van der Waals surface area contributed by atoms with Crippen molar-refractivity contribution < 1.29 is 14.3 Å². The molecule has 2 fully saturated rings. The summed E-state index contributed by atoms with van der Waals surface area (Å²) in [5.41, 5.74) is 3.40. The third-order valence-corrected chi connectivity index (χ3v) is 6.73. The summed E-state index contributed by atoms with van der Waals surface area (Å²) in [6, 6.07) is 12.8. The Balaban J connectivity index is 1.13. The summed E-state index contributed by atoms with van der Waals surface area (Å²) in [6.45, 7) is 1.57. The molecule has 9 heteroatoms. The van der Waals surface area contributed by atoms with Crippen LogP contribution in [0.15, 0.2) is 54.2 Å². The van der Waals surface area contributed by atoms with Gasteiger partial charge in [0.05, 0.1) is 0 Å². The Morgan fingerprint density at radius 3 is 2.72 bits per heavy atom. The zero-order valence-corrected chi connectivity index (χ0v) is 17.9. The average Bonchev–Trinajstić information content (AvgIpc) is 3.12. The number of hydrogen-bond acceptors (Lipinski definition) is 5. The molecule has 0 spiro atoms. The largest absolute Gasteiger partial charge is 0.438 e. The Hall–Kier alpha value is -3.39. The van der Waals surface area contributed by atoms with E-state index in [1.807, 2.05) is 30.5 Å². The van der Waals surface area contributed by atoms with Gasteiger partial charge in [-0.15, -0.1) is 0 Å². The van der Waals surface area contributed by atoms with Crippen LogP contribution < -0.4 is 0 Å². The summed E-state index contributed by atoms with van der Waals surface area (Å²) < 4.78 is 5.92. The van der Waals surface area contributed by atoms with Crippen molar-refractivity contribution in [3.63, 3.8) is 0 Å². The van der Waals surface area contributed by atoms with Crippen LogP contribution in [0.3, 0.4) is 0 Å². The van der Waals surface area contributed by atoms with E-state index in [1.165, 1.54) is 0 Å². The number of carbonyl (C=O) groups is 2. The quantitative estimate of drug-likeness (QED) is 0.658. The van der Waals surface area contributed by atoms with Crippen LogP contribution >= 0.6 is 11.6 Å². The number of benzene rings is 2. The number of amides is 2. The number of halogens is 1. The summed E-state index contributed by atoms with van der Waals surface area (Å²) in [7, 11) is 0. The highest BCUT2D eigenvalue weighted by atomic mass is 35.5. The molecule has 0 unspecified atom stereocenters. The lowest BCUT2D eigenvalue weighted by atomic mass is 10.1. The molecule has 8 nitrogen and oxygen atoms in total. The minimum atomic E-state index is -0.560. The minimum Gasteiger partial charge on any atom is -0.438 e. The zero-order chi connectivity index (χ0) is 21.9. The van der Waals surface area contributed by atoms with Crippen molar-refractivity contribution >= 4 is 34.6 Å². The van der Waals surface area contributed by atoms with E-state index in [9.17, 15) is 9.59 Å². The second-order valence-electron chi connectivity index (χ2n) is 8.64. The van der Waals surface area contributed by atoms with Crippen LogP contribution in [-0.4, -0.2) is 56.8 Å². The predicted octanol–water partition coefficient (Wildman–Crippen LogP) is 3.71. The van der Waals surface area contributed by atoms with Crippen molar-refractivity contribution in [3.8, 4) is 0 Å². The molecule has 0 radical (unpaired) electrons. The fraction of sp³-hybridized carbons (Fsp3) is 0.304. The molecule has 3 aromatic rings. The first-order valence-corrected chi connectivity index (χ1v) is 10.9. The Morgan fingerprint density at radius 2 is 1.94 bits per heavy atom. The van der Waals surface area contributed by atoms with Gasteiger partial charge in [0.1, 0.15) is 16.6 Å². The molecule has 2 amide bonds. The van der Waals surface area contributed by atoms with Crippen LogP contribution in [0.2, 0.25) is 5.02 Å². The lowest BCUT2D eigenvalue weighted by Gasteiger charge is -2.23. The molecule has 6 rings (SSSR count). The second-order valence-corrected chi connectivity index (χ2v) is 9.08. The standard InChI is InChI=1S/C23H20ClN5O3/c24-18-3-1-2-17(9-18)23(6-7-23)32-22(31)29-12-15-10-28(11-16(15)13-29)21(30)14-4-5-19-20(8-14)26-27-25-19/h1-5,8-10,16H,6-7,11-13H2,(H,25,26,27)/t16-/m0/s1. The summed E-state index contributed by atoms with van der Waals surface area (Å²) >= 11 is 6.11. The van der Waals surface area contributed by atoms with Crippen LogP contribution in [0.25, 0.3) is 11.0 Å². The average molecular weight is 450 g/mol. The lowest BCUT2D eigenvalue weighted by molar-refractivity contribution is 0.0527. The van der Waals surface area contributed by atoms with Crippen molar-refractivity contribution in [1.29, 1.82) is 0 Å². The van der Waals surface area contributed by atoms with Gasteiger partial charge in [0.2, 0.25) is 0 Å². The van der Waals surface area contributed by atoms with E-state index in [-0.39, 0.29) is 17.9 Å². The predicted molar refractivity (Wildman–Crippen MR) is 117 cm³/mol. The second kappa shape index (κ2) is 7.06. The van der Waals surface area contributed by atoms with Crippen LogP contribution in [-0.2, 0) is 10.3 Å². The van der Waals surface area contributed by atoms with E-state index in [1.54, 1.807) is 28.0 Å². The van der Waals surface area contributed by atoms with E-state index in [0.29, 0.717) is 35.7 Å². The van der Waals surface area contributed by atoms with Crippen LogP contribution in [0.4, 0.5) is 4.79 Å². The van der Waals surface area contributed by atoms with E-state index in [0.717, 1.165) is 29.5 Å². The highest BCUT2D eigenvalue weighted by Gasteiger charge is 2.50. The Kier molecular flexibility index (Phi) is 4.26. The number of nitrogens with one attached hydrogen (secondary N) is 1. The molecular weight excluding hydrogens is 430 g/mol. The summed E-state index contributed by atoms with van der Waals surface area (Å²) in [4.78, 5) is 29.3.